The molecule has 0 radical (unpaired) electrons. The average Bonchev–Trinajstić information content (AvgIpc) is 3.42. The van der Waals surface area contributed by atoms with Crippen LogP contribution in [0.2, 0.25) is 0 Å². The van der Waals surface area contributed by atoms with Gasteiger partial charge >= 0.3 is 0 Å². The number of rotatable bonds is 5. The van der Waals surface area contributed by atoms with Crippen molar-refractivity contribution in [2.45, 2.75) is 43.7 Å². The minimum atomic E-state index is 0.334. The maximum Gasteiger partial charge on any atom is 0.134 e. The standard InChI is InChI=1S/C23H24N6O/c24-22-15(8-17-3-1-2-6-25-17)7-16(11-26-22)20-10-21(28-23(27-20)14-4-5-14)29-12-19-9-18(29)13-30-19/h1-3,6-7,10-11,14,18-19H,4-5,8-9,12-13H2,(H2,24,26). The highest BCUT2D eigenvalue weighted by Gasteiger charge is 2.40. The van der Waals surface area contributed by atoms with E-state index in [9.17, 15) is 0 Å². The van der Waals surface area contributed by atoms with Crippen molar-refractivity contribution in [3.8, 4) is 11.3 Å². The molecule has 152 valence electrons. The Hall–Kier alpha value is -3.06. The third-order valence-corrected chi connectivity index (χ3v) is 6.26. The van der Waals surface area contributed by atoms with Crippen LogP contribution >= 0.6 is 0 Å². The van der Waals surface area contributed by atoms with E-state index < -0.39 is 0 Å². The van der Waals surface area contributed by atoms with E-state index in [0.717, 1.165) is 53.7 Å². The second-order valence-electron chi connectivity index (χ2n) is 8.51. The van der Waals surface area contributed by atoms with Crippen LogP contribution in [0, 0.1) is 0 Å². The van der Waals surface area contributed by atoms with E-state index in [1.165, 1.54) is 12.8 Å². The highest BCUT2D eigenvalue weighted by Crippen LogP contribution is 2.41. The van der Waals surface area contributed by atoms with Crippen molar-refractivity contribution >= 4 is 11.6 Å². The molecule has 3 aliphatic rings. The average molecular weight is 400 g/mol. The van der Waals surface area contributed by atoms with Crippen LogP contribution in [-0.2, 0) is 11.2 Å². The first kappa shape index (κ1) is 17.8. The number of nitrogens with zero attached hydrogens (tertiary/aromatic N) is 5. The molecule has 0 amide bonds. The largest absolute Gasteiger partial charge is 0.383 e. The lowest BCUT2D eigenvalue weighted by atomic mass is 10.1. The summed E-state index contributed by atoms with van der Waals surface area (Å²) >= 11 is 0. The summed E-state index contributed by atoms with van der Waals surface area (Å²) in [6, 6.07) is 10.5. The minimum Gasteiger partial charge on any atom is -0.383 e. The van der Waals surface area contributed by atoms with Gasteiger partial charge in [-0.05, 0) is 37.5 Å². The summed E-state index contributed by atoms with van der Waals surface area (Å²) in [6.45, 7) is 1.70. The third-order valence-electron chi connectivity index (χ3n) is 6.26. The number of hydrogen-bond acceptors (Lipinski definition) is 7. The smallest absolute Gasteiger partial charge is 0.134 e. The topological polar surface area (TPSA) is 90.0 Å². The van der Waals surface area contributed by atoms with E-state index in [2.05, 4.69) is 27.0 Å². The van der Waals surface area contributed by atoms with Crippen molar-refractivity contribution in [2.75, 3.05) is 23.8 Å². The molecule has 3 fully saturated rings. The zero-order valence-electron chi connectivity index (χ0n) is 16.7. The van der Waals surface area contributed by atoms with Crippen LogP contribution in [0.1, 0.15) is 42.3 Å². The molecule has 0 aromatic carbocycles. The first-order valence-electron chi connectivity index (χ1n) is 10.6. The number of pyridine rings is 2. The van der Waals surface area contributed by atoms with Crippen LogP contribution < -0.4 is 10.6 Å². The Morgan fingerprint density at radius 3 is 2.80 bits per heavy atom. The number of ether oxygens (including phenoxy) is 1. The van der Waals surface area contributed by atoms with E-state index in [-0.39, 0.29) is 0 Å². The molecule has 2 N–H and O–H groups in total. The number of nitrogens with two attached hydrogens (primary N) is 1. The summed E-state index contributed by atoms with van der Waals surface area (Å²) in [4.78, 5) is 21.1. The molecule has 7 heteroatoms. The normalized spacial score (nSPS) is 22.6. The Balaban J connectivity index is 1.37. The molecule has 6 rings (SSSR count). The molecule has 7 nitrogen and oxygen atoms in total. The lowest BCUT2D eigenvalue weighted by Gasteiger charge is -2.28. The summed E-state index contributed by atoms with van der Waals surface area (Å²) in [7, 11) is 0. The van der Waals surface area contributed by atoms with Gasteiger partial charge in [0.25, 0.3) is 0 Å². The summed E-state index contributed by atoms with van der Waals surface area (Å²) in [5, 5.41) is 0. The number of nitrogen functional groups attached to an aromatic ring is 1. The fraction of sp³-hybridized carbons (Fsp3) is 0.391. The highest BCUT2D eigenvalue weighted by molar-refractivity contribution is 5.65. The molecule has 2 aliphatic heterocycles. The maximum absolute atomic E-state index is 6.18. The van der Waals surface area contributed by atoms with Gasteiger partial charge in [0.05, 0.1) is 24.4 Å². The summed E-state index contributed by atoms with van der Waals surface area (Å²) in [6.07, 6.45) is 8.03. The van der Waals surface area contributed by atoms with E-state index in [1.807, 2.05) is 24.4 Å². The molecule has 3 aromatic heterocycles. The van der Waals surface area contributed by atoms with Crippen molar-refractivity contribution in [1.29, 1.82) is 0 Å². The van der Waals surface area contributed by atoms with Crippen LogP contribution in [0.25, 0.3) is 11.3 Å². The molecule has 2 atom stereocenters. The minimum absolute atomic E-state index is 0.334. The molecule has 30 heavy (non-hydrogen) atoms. The van der Waals surface area contributed by atoms with Gasteiger partial charge in [0.15, 0.2) is 0 Å². The van der Waals surface area contributed by atoms with Crippen molar-refractivity contribution in [3.05, 3.63) is 59.8 Å². The van der Waals surface area contributed by atoms with Crippen LogP contribution in [0.5, 0.6) is 0 Å². The van der Waals surface area contributed by atoms with E-state index in [0.29, 0.717) is 30.3 Å². The molecular formula is C23H24N6O. The Bertz CT molecular complexity index is 1080. The molecule has 2 unspecified atom stereocenters. The number of morpholine rings is 1. The maximum atomic E-state index is 6.18. The highest BCUT2D eigenvalue weighted by atomic mass is 16.5. The first-order chi connectivity index (χ1) is 14.7. The van der Waals surface area contributed by atoms with Gasteiger partial charge in [0, 0.05) is 54.2 Å². The second kappa shape index (κ2) is 7.02. The van der Waals surface area contributed by atoms with Crippen molar-refractivity contribution in [2.24, 2.45) is 0 Å². The quantitative estimate of drug-likeness (QED) is 0.704. The van der Waals surface area contributed by atoms with E-state index in [4.69, 9.17) is 20.4 Å². The third kappa shape index (κ3) is 3.29. The van der Waals surface area contributed by atoms with Crippen LogP contribution in [0.4, 0.5) is 11.6 Å². The summed E-state index contributed by atoms with van der Waals surface area (Å²) in [5.41, 5.74) is 10.0. The van der Waals surface area contributed by atoms with Crippen molar-refractivity contribution in [3.63, 3.8) is 0 Å². The Labute approximate surface area is 175 Å². The van der Waals surface area contributed by atoms with Crippen LogP contribution in [0.3, 0.4) is 0 Å². The summed E-state index contributed by atoms with van der Waals surface area (Å²) in [5.74, 6) is 2.99. The second-order valence-corrected chi connectivity index (χ2v) is 8.51. The molecular weight excluding hydrogens is 376 g/mol. The zero-order valence-corrected chi connectivity index (χ0v) is 16.7. The predicted octanol–water partition coefficient (Wildman–Crippen LogP) is 2.96. The zero-order chi connectivity index (χ0) is 20.1. The monoisotopic (exact) mass is 400 g/mol. The Morgan fingerprint density at radius 2 is 2.07 bits per heavy atom. The molecule has 1 aliphatic carbocycles. The van der Waals surface area contributed by atoms with Gasteiger partial charge in [-0.25, -0.2) is 15.0 Å². The fourth-order valence-corrected chi connectivity index (χ4v) is 4.45. The Kier molecular flexibility index (Phi) is 4.16. The number of aromatic nitrogens is 4. The van der Waals surface area contributed by atoms with Gasteiger partial charge in [0.1, 0.15) is 17.5 Å². The molecule has 5 heterocycles. The number of anilines is 2. The van der Waals surface area contributed by atoms with Gasteiger partial charge in [-0.3, -0.25) is 4.98 Å². The molecule has 2 bridgehead atoms. The number of hydrogen-bond donors (Lipinski definition) is 1. The lowest BCUT2D eigenvalue weighted by molar-refractivity contribution is 0.0989. The predicted molar refractivity (Wildman–Crippen MR) is 114 cm³/mol. The Morgan fingerprint density at radius 1 is 1.13 bits per heavy atom. The van der Waals surface area contributed by atoms with Gasteiger partial charge < -0.3 is 15.4 Å². The first-order valence-corrected chi connectivity index (χ1v) is 10.6. The molecule has 3 aromatic rings. The number of fused-ring (bicyclic) bond motifs is 2. The summed E-state index contributed by atoms with van der Waals surface area (Å²) < 4.78 is 5.78. The van der Waals surface area contributed by atoms with Crippen LogP contribution in [0.15, 0.2) is 42.7 Å². The molecule has 1 saturated carbocycles. The van der Waals surface area contributed by atoms with Gasteiger partial charge in [0.2, 0.25) is 0 Å². The van der Waals surface area contributed by atoms with E-state index >= 15 is 0 Å². The lowest BCUT2D eigenvalue weighted by Crippen LogP contribution is -2.37. The van der Waals surface area contributed by atoms with Gasteiger partial charge in [-0.15, -0.1) is 0 Å². The van der Waals surface area contributed by atoms with Crippen LogP contribution in [-0.4, -0.2) is 45.2 Å². The SMILES string of the molecule is Nc1ncc(-c2cc(N3CC4CC3CO4)nc(C3CC3)n2)cc1Cc1ccccn1. The molecule has 0 spiro atoms. The van der Waals surface area contributed by atoms with E-state index in [1.54, 1.807) is 6.20 Å². The van der Waals surface area contributed by atoms with Gasteiger partial charge in [-0.1, -0.05) is 6.07 Å². The fourth-order valence-electron chi connectivity index (χ4n) is 4.45. The van der Waals surface area contributed by atoms with Gasteiger partial charge in [-0.2, -0.15) is 0 Å². The molecule has 2 saturated heterocycles. The van der Waals surface area contributed by atoms with Crippen molar-refractivity contribution < 1.29 is 4.74 Å². The van der Waals surface area contributed by atoms with Crippen molar-refractivity contribution in [1.82, 2.24) is 19.9 Å².